The van der Waals surface area contributed by atoms with E-state index >= 15 is 0 Å². The van der Waals surface area contributed by atoms with Gasteiger partial charge in [0.25, 0.3) is 0 Å². The molecule has 18 heavy (non-hydrogen) atoms. The topological polar surface area (TPSA) is 50.3 Å². The minimum Gasteiger partial charge on any atom is -0.294 e. The van der Waals surface area contributed by atoms with Gasteiger partial charge in [-0.3, -0.25) is 9.88 Å². The molecule has 0 fully saturated rings. The van der Waals surface area contributed by atoms with Crippen LogP contribution in [0.15, 0.2) is 24.4 Å². The zero-order chi connectivity index (χ0) is 13.6. The van der Waals surface area contributed by atoms with Crippen molar-refractivity contribution in [2.75, 3.05) is 18.1 Å². The van der Waals surface area contributed by atoms with Gasteiger partial charge in [0.2, 0.25) is 0 Å². The van der Waals surface area contributed by atoms with Crippen molar-refractivity contribution in [3.05, 3.63) is 30.1 Å². The molecule has 0 saturated heterocycles. The standard InChI is InChI=1S/C13H22N2O2S/c1-4-15(10-13-8-6-7-9-14-13)12(3)11-18(16,17)5-2/h6-9,12H,4-5,10-11H2,1-3H3. The van der Waals surface area contributed by atoms with E-state index in [2.05, 4.69) is 9.88 Å². The molecule has 0 spiro atoms. The Kier molecular flexibility index (Phi) is 5.75. The molecule has 1 heterocycles. The van der Waals surface area contributed by atoms with Crippen LogP contribution in [0.2, 0.25) is 0 Å². The summed E-state index contributed by atoms with van der Waals surface area (Å²) in [4.78, 5) is 6.41. The summed E-state index contributed by atoms with van der Waals surface area (Å²) in [5.41, 5.74) is 0.972. The molecule has 0 amide bonds. The Bertz CT molecular complexity index is 445. The molecule has 4 nitrogen and oxygen atoms in total. The lowest BCUT2D eigenvalue weighted by molar-refractivity contribution is 0.224. The van der Waals surface area contributed by atoms with E-state index in [0.29, 0.717) is 6.54 Å². The van der Waals surface area contributed by atoms with E-state index in [1.54, 1.807) is 13.1 Å². The summed E-state index contributed by atoms with van der Waals surface area (Å²) in [5.74, 6) is 0.419. The van der Waals surface area contributed by atoms with Gasteiger partial charge < -0.3 is 0 Å². The highest BCUT2D eigenvalue weighted by molar-refractivity contribution is 7.91. The van der Waals surface area contributed by atoms with Crippen LogP contribution in [0.1, 0.15) is 26.5 Å². The zero-order valence-electron chi connectivity index (χ0n) is 11.3. The van der Waals surface area contributed by atoms with Crippen LogP contribution in [0, 0.1) is 0 Å². The summed E-state index contributed by atoms with van der Waals surface area (Å²) < 4.78 is 23.3. The summed E-state index contributed by atoms with van der Waals surface area (Å²) in [7, 11) is -2.93. The second kappa shape index (κ2) is 6.85. The van der Waals surface area contributed by atoms with Gasteiger partial charge in [-0.2, -0.15) is 0 Å². The van der Waals surface area contributed by atoms with Crippen molar-refractivity contribution in [3.63, 3.8) is 0 Å². The molecule has 0 radical (unpaired) electrons. The van der Waals surface area contributed by atoms with Gasteiger partial charge in [-0.25, -0.2) is 8.42 Å². The lowest BCUT2D eigenvalue weighted by Crippen LogP contribution is -2.38. The van der Waals surface area contributed by atoms with Crippen molar-refractivity contribution >= 4 is 9.84 Å². The predicted octanol–water partition coefficient (Wildman–Crippen LogP) is 1.73. The van der Waals surface area contributed by atoms with Gasteiger partial charge in [0.15, 0.2) is 9.84 Å². The van der Waals surface area contributed by atoms with E-state index in [0.717, 1.165) is 12.2 Å². The van der Waals surface area contributed by atoms with Gasteiger partial charge in [-0.05, 0) is 25.6 Å². The highest BCUT2D eigenvalue weighted by atomic mass is 32.2. The van der Waals surface area contributed by atoms with Crippen LogP contribution >= 0.6 is 0 Å². The molecule has 1 aromatic heterocycles. The van der Waals surface area contributed by atoms with Crippen molar-refractivity contribution in [2.45, 2.75) is 33.4 Å². The molecule has 0 aliphatic carbocycles. The first kappa shape index (κ1) is 15.1. The van der Waals surface area contributed by atoms with E-state index in [1.807, 2.05) is 32.0 Å². The van der Waals surface area contributed by atoms with Gasteiger partial charge in [0, 0.05) is 24.5 Å². The lowest BCUT2D eigenvalue weighted by Gasteiger charge is -2.27. The smallest absolute Gasteiger partial charge is 0.151 e. The summed E-state index contributed by atoms with van der Waals surface area (Å²) in [6.07, 6.45) is 1.76. The lowest BCUT2D eigenvalue weighted by atomic mass is 10.2. The molecule has 1 rings (SSSR count). The monoisotopic (exact) mass is 270 g/mol. The maximum atomic E-state index is 11.6. The predicted molar refractivity (Wildman–Crippen MR) is 74.1 cm³/mol. The zero-order valence-corrected chi connectivity index (χ0v) is 12.2. The molecule has 102 valence electrons. The summed E-state index contributed by atoms with van der Waals surface area (Å²) in [6.45, 7) is 7.20. The SMILES string of the molecule is CCN(Cc1ccccn1)C(C)CS(=O)(=O)CC. The Morgan fingerprint density at radius 3 is 2.56 bits per heavy atom. The first-order valence-corrected chi connectivity index (χ1v) is 8.15. The molecular weight excluding hydrogens is 248 g/mol. The first-order chi connectivity index (χ1) is 8.48. The molecule has 1 unspecified atom stereocenters. The minimum atomic E-state index is -2.93. The van der Waals surface area contributed by atoms with Crippen LogP contribution in [0.25, 0.3) is 0 Å². The first-order valence-electron chi connectivity index (χ1n) is 6.33. The Balaban J connectivity index is 2.66. The van der Waals surface area contributed by atoms with Crippen LogP contribution in [-0.2, 0) is 16.4 Å². The molecule has 0 aliphatic rings. The van der Waals surface area contributed by atoms with Crippen molar-refractivity contribution in [3.8, 4) is 0 Å². The Hall–Kier alpha value is -0.940. The van der Waals surface area contributed by atoms with E-state index in [1.165, 1.54) is 0 Å². The molecule has 0 aromatic carbocycles. The molecule has 1 atom stereocenters. The highest BCUT2D eigenvalue weighted by Crippen LogP contribution is 2.08. The quantitative estimate of drug-likeness (QED) is 0.757. The molecule has 0 bridgehead atoms. The van der Waals surface area contributed by atoms with Gasteiger partial charge in [-0.15, -0.1) is 0 Å². The number of rotatable bonds is 7. The normalized spacial score (nSPS) is 13.8. The number of hydrogen-bond donors (Lipinski definition) is 0. The second-order valence-electron chi connectivity index (χ2n) is 4.43. The number of sulfone groups is 1. The minimum absolute atomic E-state index is 0.0157. The molecule has 5 heteroatoms. The largest absolute Gasteiger partial charge is 0.294 e. The Morgan fingerprint density at radius 1 is 1.33 bits per heavy atom. The van der Waals surface area contributed by atoms with Crippen LogP contribution in [0.5, 0.6) is 0 Å². The third-order valence-corrected chi connectivity index (χ3v) is 4.93. The van der Waals surface area contributed by atoms with Crippen LogP contribution in [0.4, 0.5) is 0 Å². The molecule has 0 N–H and O–H groups in total. The van der Waals surface area contributed by atoms with Crippen LogP contribution in [0.3, 0.4) is 0 Å². The van der Waals surface area contributed by atoms with Crippen molar-refractivity contribution in [2.24, 2.45) is 0 Å². The van der Waals surface area contributed by atoms with Crippen LogP contribution in [-0.4, -0.2) is 42.4 Å². The number of nitrogens with zero attached hydrogens (tertiary/aromatic N) is 2. The van der Waals surface area contributed by atoms with E-state index in [-0.39, 0.29) is 17.5 Å². The van der Waals surface area contributed by atoms with Gasteiger partial charge >= 0.3 is 0 Å². The van der Waals surface area contributed by atoms with Gasteiger partial charge in [0.05, 0.1) is 11.4 Å². The van der Waals surface area contributed by atoms with Gasteiger partial charge in [-0.1, -0.05) is 19.9 Å². The fourth-order valence-corrected chi connectivity index (χ4v) is 3.05. The van der Waals surface area contributed by atoms with Crippen molar-refractivity contribution < 1.29 is 8.42 Å². The van der Waals surface area contributed by atoms with E-state index < -0.39 is 9.84 Å². The third-order valence-electron chi connectivity index (χ3n) is 3.06. The van der Waals surface area contributed by atoms with Gasteiger partial charge in [0.1, 0.15) is 0 Å². The molecule has 1 aromatic rings. The van der Waals surface area contributed by atoms with Crippen LogP contribution < -0.4 is 0 Å². The fourth-order valence-electron chi connectivity index (χ4n) is 1.87. The van der Waals surface area contributed by atoms with Crippen molar-refractivity contribution in [1.29, 1.82) is 0 Å². The van der Waals surface area contributed by atoms with Crippen molar-refractivity contribution in [1.82, 2.24) is 9.88 Å². The number of aromatic nitrogens is 1. The average molecular weight is 270 g/mol. The van der Waals surface area contributed by atoms with E-state index in [9.17, 15) is 8.42 Å². The summed E-state index contributed by atoms with van der Waals surface area (Å²) in [6, 6.07) is 5.81. The fraction of sp³-hybridized carbons (Fsp3) is 0.615. The Morgan fingerprint density at radius 2 is 2.06 bits per heavy atom. The maximum Gasteiger partial charge on any atom is 0.151 e. The Labute approximate surface area is 110 Å². The maximum absolute atomic E-state index is 11.6. The highest BCUT2D eigenvalue weighted by Gasteiger charge is 2.19. The molecule has 0 aliphatic heterocycles. The number of pyridine rings is 1. The molecule has 0 saturated carbocycles. The summed E-state index contributed by atoms with van der Waals surface area (Å²) >= 11 is 0. The average Bonchev–Trinajstić information content (AvgIpc) is 2.36. The second-order valence-corrected chi connectivity index (χ2v) is 6.83. The summed E-state index contributed by atoms with van der Waals surface area (Å²) in [5, 5.41) is 0. The third kappa shape index (κ3) is 4.74. The van der Waals surface area contributed by atoms with E-state index in [4.69, 9.17) is 0 Å². The molecular formula is C13H22N2O2S. The number of hydrogen-bond acceptors (Lipinski definition) is 4.